The van der Waals surface area contributed by atoms with Crippen molar-refractivity contribution >= 4 is 10.0 Å². The minimum Gasteiger partial charge on any atom is -0.329 e. The highest BCUT2D eigenvalue weighted by atomic mass is 32.2. The Kier molecular flexibility index (Phi) is 4.10. The fourth-order valence-corrected chi connectivity index (χ4v) is 4.97. The van der Waals surface area contributed by atoms with Crippen LogP contribution in [-0.2, 0) is 10.0 Å². The number of hydrogen-bond acceptors (Lipinski definition) is 3. The largest absolute Gasteiger partial charge is 0.329 e. The molecule has 2 aliphatic rings. The fraction of sp³-hybridized carbons (Fsp3) is 1.00. The summed E-state index contributed by atoms with van der Waals surface area (Å²) in [5.41, 5.74) is 5.37. The Hall–Kier alpha value is -0.130. The number of rotatable bonds is 5. The van der Waals surface area contributed by atoms with Crippen molar-refractivity contribution in [3.8, 4) is 0 Å². The zero-order valence-electron chi connectivity index (χ0n) is 10.5. The van der Waals surface area contributed by atoms with Crippen LogP contribution in [-0.4, -0.2) is 26.3 Å². The zero-order valence-corrected chi connectivity index (χ0v) is 11.3. The van der Waals surface area contributed by atoms with Crippen LogP contribution in [0.15, 0.2) is 0 Å². The maximum atomic E-state index is 12.1. The molecule has 2 saturated carbocycles. The number of nitrogens with one attached hydrogen (secondary N) is 1. The van der Waals surface area contributed by atoms with E-state index in [1.54, 1.807) is 0 Å². The highest BCUT2D eigenvalue weighted by Gasteiger charge is 2.39. The third-order valence-corrected chi connectivity index (χ3v) is 5.91. The molecular weight excluding hydrogens is 236 g/mol. The van der Waals surface area contributed by atoms with E-state index in [1.165, 1.54) is 19.3 Å². The van der Waals surface area contributed by atoms with Gasteiger partial charge in [0.1, 0.15) is 0 Å². The van der Waals surface area contributed by atoms with Crippen molar-refractivity contribution in [3.05, 3.63) is 0 Å². The molecule has 0 aromatic rings. The van der Waals surface area contributed by atoms with Gasteiger partial charge < -0.3 is 5.73 Å². The molecule has 5 heteroatoms. The van der Waals surface area contributed by atoms with Crippen LogP contribution in [0.2, 0.25) is 0 Å². The summed E-state index contributed by atoms with van der Waals surface area (Å²) in [5.74, 6) is 0.658. The topological polar surface area (TPSA) is 72.2 Å². The van der Waals surface area contributed by atoms with Crippen molar-refractivity contribution in [1.29, 1.82) is 0 Å². The maximum absolute atomic E-state index is 12.1. The lowest BCUT2D eigenvalue weighted by atomic mass is 9.78. The monoisotopic (exact) mass is 260 g/mol. The molecule has 0 unspecified atom stereocenters. The van der Waals surface area contributed by atoms with Gasteiger partial charge in [-0.05, 0) is 38.0 Å². The van der Waals surface area contributed by atoms with Crippen LogP contribution in [0, 0.1) is 5.92 Å². The summed E-state index contributed by atoms with van der Waals surface area (Å²) in [4.78, 5) is 0. The first-order valence-corrected chi connectivity index (χ1v) is 8.42. The van der Waals surface area contributed by atoms with E-state index >= 15 is 0 Å². The molecule has 4 nitrogen and oxygen atoms in total. The van der Waals surface area contributed by atoms with Crippen LogP contribution in [0.1, 0.15) is 51.4 Å². The zero-order chi connectivity index (χ0) is 12.4. The molecule has 3 N–H and O–H groups in total. The summed E-state index contributed by atoms with van der Waals surface area (Å²) in [5, 5.41) is 0. The molecule has 100 valence electrons. The van der Waals surface area contributed by atoms with E-state index in [9.17, 15) is 8.42 Å². The quantitative estimate of drug-likeness (QED) is 0.784. The van der Waals surface area contributed by atoms with E-state index in [4.69, 9.17) is 5.73 Å². The van der Waals surface area contributed by atoms with E-state index in [2.05, 4.69) is 4.72 Å². The average Bonchev–Trinajstić information content (AvgIpc) is 2.24. The van der Waals surface area contributed by atoms with Gasteiger partial charge in [0.25, 0.3) is 0 Å². The molecular formula is C12H24N2O2S. The second-order valence-corrected chi connectivity index (χ2v) is 7.49. The van der Waals surface area contributed by atoms with Crippen LogP contribution in [0.5, 0.6) is 0 Å². The lowest BCUT2D eigenvalue weighted by Gasteiger charge is -2.41. The molecule has 2 rings (SSSR count). The molecule has 2 aliphatic carbocycles. The normalized spacial score (nSPS) is 25.5. The van der Waals surface area contributed by atoms with Crippen molar-refractivity contribution in [3.63, 3.8) is 0 Å². The van der Waals surface area contributed by atoms with E-state index in [1.807, 2.05) is 0 Å². The SMILES string of the molecule is NCC1(NS(=O)(=O)CC2CCCCC2)CCC1. The third-order valence-electron chi connectivity index (χ3n) is 4.25. The van der Waals surface area contributed by atoms with E-state index < -0.39 is 10.0 Å². The predicted octanol–water partition coefficient (Wildman–Crippen LogP) is 1.37. The minimum atomic E-state index is -3.14. The first kappa shape index (κ1) is 13.3. The fourth-order valence-electron chi connectivity index (χ4n) is 2.99. The Labute approximate surface area is 104 Å². The first-order valence-electron chi connectivity index (χ1n) is 6.77. The lowest BCUT2D eigenvalue weighted by molar-refractivity contribution is 0.230. The van der Waals surface area contributed by atoms with Crippen molar-refractivity contribution in [2.75, 3.05) is 12.3 Å². The average molecular weight is 260 g/mol. The van der Waals surface area contributed by atoms with E-state index in [-0.39, 0.29) is 5.54 Å². The molecule has 0 heterocycles. The molecule has 0 aliphatic heterocycles. The van der Waals surface area contributed by atoms with Crippen LogP contribution in [0.3, 0.4) is 0 Å². The Balaban J connectivity index is 1.89. The molecule has 0 amide bonds. The minimum absolute atomic E-state index is 0.300. The summed E-state index contributed by atoms with van der Waals surface area (Å²) in [7, 11) is -3.14. The summed E-state index contributed by atoms with van der Waals surface area (Å²) in [6.07, 6.45) is 8.64. The Morgan fingerprint density at radius 2 is 1.76 bits per heavy atom. The standard InChI is InChI=1S/C12H24N2O2S/c13-10-12(7-4-8-12)14-17(15,16)9-11-5-2-1-3-6-11/h11,14H,1-10,13H2. The second kappa shape index (κ2) is 5.24. The summed E-state index contributed by atoms with van der Waals surface area (Å²) in [6, 6.07) is 0. The lowest BCUT2D eigenvalue weighted by Crippen LogP contribution is -2.58. The highest BCUT2D eigenvalue weighted by molar-refractivity contribution is 7.89. The molecule has 0 aromatic carbocycles. The van der Waals surface area contributed by atoms with Crippen molar-refractivity contribution in [1.82, 2.24) is 4.72 Å². The van der Waals surface area contributed by atoms with Gasteiger partial charge in [-0.25, -0.2) is 13.1 Å². The summed E-state index contributed by atoms with van der Waals surface area (Å²) >= 11 is 0. The molecule has 0 bridgehead atoms. The second-order valence-electron chi connectivity index (χ2n) is 5.73. The van der Waals surface area contributed by atoms with E-state index in [0.717, 1.165) is 32.1 Å². The Bertz CT molecular complexity index is 338. The molecule has 17 heavy (non-hydrogen) atoms. The van der Waals surface area contributed by atoms with Crippen LogP contribution >= 0.6 is 0 Å². The molecule has 0 atom stereocenters. The van der Waals surface area contributed by atoms with Crippen molar-refractivity contribution < 1.29 is 8.42 Å². The van der Waals surface area contributed by atoms with Crippen LogP contribution < -0.4 is 10.5 Å². The van der Waals surface area contributed by atoms with Crippen LogP contribution in [0.25, 0.3) is 0 Å². The molecule has 0 spiro atoms. The van der Waals surface area contributed by atoms with Gasteiger partial charge in [-0.15, -0.1) is 0 Å². The van der Waals surface area contributed by atoms with Gasteiger partial charge in [0.15, 0.2) is 0 Å². The smallest absolute Gasteiger partial charge is 0.212 e. The van der Waals surface area contributed by atoms with Gasteiger partial charge in [0.05, 0.1) is 5.75 Å². The number of hydrogen-bond donors (Lipinski definition) is 2. The van der Waals surface area contributed by atoms with Gasteiger partial charge in [0, 0.05) is 12.1 Å². The maximum Gasteiger partial charge on any atom is 0.212 e. The number of nitrogens with two attached hydrogens (primary N) is 1. The van der Waals surface area contributed by atoms with Gasteiger partial charge in [-0.2, -0.15) is 0 Å². The van der Waals surface area contributed by atoms with E-state index in [0.29, 0.717) is 18.2 Å². The Morgan fingerprint density at radius 3 is 2.24 bits per heavy atom. The first-order chi connectivity index (χ1) is 8.05. The third kappa shape index (κ3) is 3.42. The Morgan fingerprint density at radius 1 is 1.12 bits per heavy atom. The molecule has 2 fully saturated rings. The summed E-state index contributed by atoms with van der Waals surface area (Å²) in [6.45, 7) is 0.427. The molecule has 0 radical (unpaired) electrons. The van der Waals surface area contributed by atoms with Crippen molar-refractivity contribution in [2.45, 2.75) is 56.9 Å². The number of sulfonamides is 1. The molecule has 0 aromatic heterocycles. The van der Waals surface area contributed by atoms with Crippen LogP contribution in [0.4, 0.5) is 0 Å². The molecule has 0 saturated heterocycles. The van der Waals surface area contributed by atoms with Gasteiger partial charge >= 0.3 is 0 Å². The van der Waals surface area contributed by atoms with Gasteiger partial charge in [-0.3, -0.25) is 0 Å². The highest BCUT2D eigenvalue weighted by Crippen LogP contribution is 2.32. The van der Waals surface area contributed by atoms with Gasteiger partial charge in [0.2, 0.25) is 10.0 Å². The van der Waals surface area contributed by atoms with Gasteiger partial charge in [-0.1, -0.05) is 19.3 Å². The predicted molar refractivity (Wildman–Crippen MR) is 69.1 cm³/mol. The van der Waals surface area contributed by atoms with Crippen molar-refractivity contribution in [2.24, 2.45) is 11.7 Å². The summed E-state index contributed by atoms with van der Waals surface area (Å²) < 4.78 is 27.0.